The fraction of sp³-hybridized carbons (Fsp3) is 0.0833. The number of H-pyrrole nitrogens is 1. The smallest absolute Gasteiger partial charge is 0.328 e. The van der Waals surface area contributed by atoms with Crippen molar-refractivity contribution in [2.24, 2.45) is 0 Å². The molecule has 2 aromatic rings. The Labute approximate surface area is 121 Å². The molecule has 0 unspecified atom stereocenters. The summed E-state index contributed by atoms with van der Waals surface area (Å²) in [5.41, 5.74) is 1.10. The van der Waals surface area contributed by atoms with Crippen molar-refractivity contribution >= 4 is 40.6 Å². The minimum Gasteiger partial charge on any atom is -0.478 e. The molecule has 0 radical (unpaired) electrons. The van der Waals surface area contributed by atoms with E-state index in [4.69, 9.17) is 5.11 Å². The van der Waals surface area contributed by atoms with Gasteiger partial charge in [0.2, 0.25) is 0 Å². The molecule has 20 heavy (non-hydrogen) atoms. The van der Waals surface area contributed by atoms with Crippen LogP contribution in [0.2, 0.25) is 0 Å². The third kappa shape index (κ3) is 3.90. The topological polar surface area (TPSA) is 99.3 Å². The summed E-state index contributed by atoms with van der Waals surface area (Å²) >= 11 is 2.32. The summed E-state index contributed by atoms with van der Waals surface area (Å²) in [7, 11) is 0. The van der Waals surface area contributed by atoms with E-state index in [2.05, 4.69) is 10.3 Å². The predicted octanol–water partition coefficient (Wildman–Crippen LogP) is 1.53. The van der Waals surface area contributed by atoms with Crippen molar-refractivity contribution in [3.05, 3.63) is 48.7 Å². The van der Waals surface area contributed by atoms with E-state index in [0.717, 1.165) is 17.4 Å². The van der Waals surface area contributed by atoms with Crippen molar-refractivity contribution in [2.45, 2.75) is 6.54 Å². The van der Waals surface area contributed by atoms with E-state index in [-0.39, 0.29) is 17.3 Å². The van der Waals surface area contributed by atoms with Crippen LogP contribution < -0.4 is 10.2 Å². The maximum atomic E-state index is 11.8. The second-order valence-corrected chi connectivity index (χ2v) is 5.55. The van der Waals surface area contributed by atoms with E-state index < -0.39 is 5.97 Å². The molecule has 6 nitrogen and oxygen atoms in total. The maximum Gasteiger partial charge on any atom is 0.328 e. The third-order valence-electron chi connectivity index (χ3n) is 2.28. The van der Waals surface area contributed by atoms with E-state index in [1.165, 1.54) is 17.4 Å². The van der Waals surface area contributed by atoms with Gasteiger partial charge >= 0.3 is 10.8 Å². The van der Waals surface area contributed by atoms with Crippen molar-refractivity contribution in [1.29, 1.82) is 0 Å². The summed E-state index contributed by atoms with van der Waals surface area (Å²) < 4.78 is 0. The van der Waals surface area contributed by atoms with Gasteiger partial charge in [0.1, 0.15) is 0 Å². The van der Waals surface area contributed by atoms with Crippen molar-refractivity contribution in [1.82, 2.24) is 10.3 Å². The summed E-state index contributed by atoms with van der Waals surface area (Å²) in [6.07, 6.45) is 2.45. The average Bonchev–Trinajstić information content (AvgIpc) is 3.02. The minimum atomic E-state index is -1.04. The average molecular weight is 310 g/mol. The van der Waals surface area contributed by atoms with Crippen LogP contribution in [0.25, 0.3) is 6.08 Å². The van der Waals surface area contributed by atoms with Crippen LogP contribution >= 0.6 is 22.7 Å². The quantitative estimate of drug-likeness (QED) is 0.729. The van der Waals surface area contributed by atoms with Gasteiger partial charge in [-0.1, -0.05) is 11.3 Å². The summed E-state index contributed by atoms with van der Waals surface area (Å²) in [6, 6.07) is 1.61. The molecule has 0 saturated heterocycles. The SMILES string of the molecule is O=C(O)/C=C/c1cc(C(=O)NCc2csc(=O)[nH]2)cs1. The van der Waals surface area contributed by atoms with Crippen LogP contribution in [-0.4, -0.2) is 22.0 Å². The largest absolute Gasteiger partial charge is 0.478 e. The molecular formula is C12H10N2O4S2. The van der Waals surface area contributed by atoms with Gasteiger partial charge in [0.15, 0.2) is 0 Å². The van der Waals surface area contributed by atoms with E-state index >= 15 is 0 Å². The molecular weight excluding hydrogens is 300 g/mol. The number of aromatic nitrogens is 1. The normalized spacial score (nSPS) is 10.8. The number of nitrogens with one attached hydrogen (secondary N) is 2. The molecule has 0 bridgehead atoms. The molecule has 0 aliphatic heterocycles. The first-order valence-corrected chi connectivity index (χ1v) is 7.25. The lowest BCUT2D eigenvalue weighted by atomic mass is 10.3. The second kappa shape index (κ2) is 6.31. The highest BCUT2D eigenvalue weighted by Crippen LogP contribution is 2.16. The second-order valence-electron chi connectivity index (χ2n) is 3.77. The van der Waals surface area contributed by atoms with Gasteiger partial charge in [-0.2, -0.15) is 0 Å². The van der Waals surface area contributed by atoms with Crippen LogP contribution in [0.1, 0.15) is 20.9 Å². The number of carboxylic acid groups (broad SMARTS) is 1. The highest BCUT2D eigenvalue weighted by molar-refractivity contribution is 7.11. The number of carbonyl (C=O) groups excluding carboxylic acids is 1. The molecule has 104 valence electrons. The Bertz CT molecular complexity index is 711. The van der Waals surface area contributed by atoms with E-state index in [1.807, 2.05) is 0 Å². The lowest BCUT2D eigenvalue weighted by molar-refractivity contribution is -0.131. The zero-order valence-electron chi connectivity index (χ0n) is 10.1. The molecule has 0 fully saturated rings. The molecule has 0 saturated carbocycles. The molecule has 1 amide bonds. The number of hydrogen-bond donors (Lipinski definition) is 3. The molecule has 8 heteroatoms. The van der Waals surface area contributed by atoms with Crippen LogP contribution in [0.3, 0.4) is 0 Å². The lowest BCUT2D eigenvalue weighted by Crippen LogP contribution is -2.22. The highest BCUT2D eigenvalue weighted by Gasteiger charge is 2.08. The first-order valence-electron chi connectivity index (χ1n) is 5.49. The van der Waals surface area contributed by atoms with Gasteiger partial charge < -0.3 is 15.4 Å². The van der Waals surface area contributed by atoms with Crippen LogP contribution in [0.15, 0.2) is 27.7 Å². The zero-order chi connectivity index (χ0) is 14.5. The molecule has 2 aromatic heterocycles. The fourth-order valence-electron chi connectivity index (χ4n) is 1.39. The van der Waals surface area contributed by atoms with Crippen LogP contribution in [0.4, 0.5) is 0 Å². The van der Waals surface area contributed by atoms with Gasteiger partial charge in [0.05, 0.1) is 12.1 Å². The van der Waals surface area contributed by atoms with E-state index in [0.29, 0.717) is 16.1 Å². The Kier molecular flexibility index (Phi) is 4.49. The van der Waals surface area contributed by atoms with Gasteiger partial charge in [-0.15, -0.1) is 11.3 Å². The van der Waals surface area contributed by atoms with Gasteiger partial charge in [0.25, 0.3) is 5.91 Å². The Morgan fingerprint density at radius 3 is 2.80 bits per heavy atom. The molecule has 0 aromatic carbocycles. The van der Waals surface area contributed by atoms with Crippen molar-refractivity contribution in [3.63, 3.8) is 0 Å². The van der Waals surface area contributed by atoms with Gasteiger partial charge in [-0.05, 0) is 12.1 Å². The Hall–Kier alpha value is -2.19. The minimum absolute atomic E-state index is 0.161. The molecule has 0 aliphatic rings. The van der Waals surface area contributed by atoms with Gasteiger partial charge in [0, 0.05) is 27.4 Å². The van der Waals surface area contributed by atoms with Gasteiger partial charge in [-0.25, -0.2) is 4.79 Å². The van der Waals surface area contributed by atoms with Crippen molar-refractivity contribution < 1.29 is 14.7 Å². The number of thiazole rings is 1. The first-order chi connectivity index (χ1) is 9.54. The highest BCUT2D eigenvalue weighted by atomic mass is 32.1. The predicted molar refractivity (Wildman–Crippen MR) is 77.1 cm³/mol. The number of thiophene rings is 1. The standard InChI is InChI=1S/C12H10N2O4S2/c15-10(16)2-1-9-3-7(5-19-9)11(17)13-4-8-6-20-12(18)14-8/h1-3,5-6H,4H2,(H,13,17)(H,14,18)(H,15,16)/b2-1+. The summed E-state index contributed by atoms with van der Waals surface area (Å²) in [5, 5.41) is 14.5. The number of hydrogen-bond acceptors (Lipinski definition) is 5. The first kappa shape index (κ1) is 14.2. The van der Waals surface area contributed by atoms with E-state index in [1.54, 1.807) is 16.8 Å². The lowest BCUT2D eigenvalue weighted by Gasteiger charge is -2.00. The number of aromatic amines is 1. The van der Waals surface area contributed by atoms with Crippen molar-refractivity contribution in [3.8, 4) is 0 Å². The molecule has 3 N–H and O–H groups in total. The molecule has 0 spiro atoms. The number of carbonyl (C=O) groups is 2. The zero-order valence-corrected chi connectivity index (χ0v) is 11.7. The Morgan fingerprint density at radius 1 is 1.35 bits per heavy atom. The molecule has 2 heterocycles. The number of rotatable bonds is 5. The Balaban J connectivity index is 1.95. The summed E-state index contributed by atoms with van der Waals surface area (Å²) in [5.74, 6) is -1.31. The van der Waals surface area contributed by atoms with Crippen LogP contribution in [0.5, 0.6) is 0 Å². The number of amides is 1. The van der Waals surface area contributed by atoms with Crippen LogP contribution in [-0.2, 0) is 11.3 Å². The van der Waals surface area contributed by atoms with Crippen LogP contribution in [0, 0.1) is 0 Å². The molecule has 0 aliphatic carbocycles. The summed E-state index contributed by atoms with van der Waals surface area (Å²) in [6.45, 7) is 0.244. The van der Waals surface area contributed by atoms with E-state index in [9.17, 15) is 14.4 Å². The summed E-state index contributed by atoms with van der Waals surface area (Å²) in [4.78, 5) is 36.3. The fourth-order valence-corrected chi connectivity index (χ4v) is 2.75. The Morgan fingerprint density at radius 2 is 2.15 bits per heavy atom. The number of carboxylic acids is 1. The number of aliphatic carboxylic acids is 1. The molecule has 2 rings (SSSR count). The monoisotopic (exact) mass is 310 g/mol. The molecule has 0 atom stereocenters. The third-order valence-corrected chi connectivity index (χ3v) is 3.90. The van der Waals surface area contributed by atoms with Crippen molar-refractivity contribution in [2.75, 3.05) is 0 Å². The maximum absolute atomic E-state index is 11.8. The van der Waals surface area contributed by atoms with Gasteiger partial charge in [-0.3, -0.25) is 9.59 Å².